The van der Waals surface area contributed by atoms with Gasteiger partial charge >= 0.3 is 0 Å². The predicted octanol–water partition coefficient (Wildman–Crippen LogP) is 4.94. The van der Waals surface area contributed by atoms with Crippen LogP contribution in [0.4, 0.5) is 0 Å². The number of nitrogens with zero attached hydrogens (tertiary/aromatic N) is 1. The summed E-state index contributed by atoms with van der Waals surface area (Å²) in [6, 6.07) is 11.8. The van der Waals surface area contributed by atoms with Gasteiger partial charge in [-0.1, -0.05) is 45.6 Å². The van der Waals surface area contributed by atoms with Gasteiger partial charge in [0.05, 0.1) is 8.07 Å². The molecule has 1 aromatic carbocycles. The summed E-state index contributed by atoms with van der Waals surface area (Å²) < 4.78 is 2.27. The standard InChI is InChI=1S/C21H32NSi/c1-8-17(9-2)18-11-10-16(3)20(14-18)21-15-19(23(5,6)7)12-13-22(21)4/h10-15,17H,8-9H2,1-7H3/q+1. The van der Waals surface area contributed by atoms with Gasteiger partial charge in [-0.3, -0.25) is 0 Å². The molecule has 2 rings (SSSR count). The highest BCUT2D eigenvalue weighted by atomic mass is 28.3. The average molecular weight is 327 g/mol. The van der Waals surface area contributed by atoms with Gasteiger partial charge in [0, 0.05) is 17.7 Å². The van der Waals surface area contributed by atoms with Crippen LogP contribution in [0.2, 0.25) is 19.6 Å². The summed E-state index contributed by atoms with van der Waals surface area (Å²) in [6.07, 6.45) is 4.65. The Bertz CT molecular complexity index is 679. The van der Waals surface area contributed by atoms with Gasteiger partial charge in [0.2, 0.25) is 5.69 Å². The van der Waals surface area contributed by atoms with E-state index in [9.17, 15) is 0 Å². The van der Waals surface area contributed by atoms with Crippen LogP contribution in [-0.2, 0) is 7.05 Å². The van der Waals surface area contributed by atoms with Gasteiger partial charge in [-0.25, -0.2) is 4.57 Å². The highest BCUT2D eigenvalue weighted by Crippen LogP contribution is 2.29. The van der Waals surface area contributed by atoms with E-state index in [1.165, 1.54) is 40.4 Å². The molecule has 124 valence electrons. The van der Waals surface area contributed by atoms with E-state index in [2.05, 4.69) is 88.6 Å². The maximum Gasteiger partial charge on any atom is 0.212 e. The van der Waals surface area contributed by atoms with Crippen LogP contribution in [0.3, 0.4) is 0 Å². The highest BCUT2D eigenvalue weighted by molar-refractivity contribution is 6.88. The molecule has 0 unspecified atom stereocenters. The van der Waals surface area contributed by atoms with E-state index in [0.29, 0.717) is 5.92 Å². The molecule has 0 aliphatic carbocycles. The third-order valence-corrected chi connectivity index (χ3v) is 7.05. The number of hydrogen-bond donors (Lipinski definition) is 0. The lowest BCUT2D eigenvalue weighted by molar-refractivity contribution is -0.660. The van der Waals surface area contributed by atoms with Gasteiger partial charge < -0.3 is 0 Å². The van der Waals surface area contributed by atoms with E-state index >= 15 is 0 Å². The zero-order chi connectivity index (χ0) is 17.2. The molecule has 0 spiro atoms. The van der Waals surface area contributed by atoms with Gasteiger partial charge in [0.1, 0.15) is 7.05 Å². The van der Waals surface area contributed by atoms with Crippen molar-refractivity contribution in [3.8, 4) is 11.3 Å². The van der Waals surface area contributed by atoms with E-state index in [0.717, 1.165) is 0 Å². The molecule has 0 N–H and O–H groups in total. The lowest BCUT2D eigenvalue weighted by Crippen LogP contribution is -2.42. The largest absolute Gasteiger partial charge is 0.212 e. The Morgan fingerprint density at radius 1 is 1.00 bits per heavy atom. The summed E-state index contributed by atoms with van der Waals surface area (Å²) in [4.78, 5) is 0. The van der Waals surface area contributed by atoms with Crippen molar-refractivity contribution in [1.82, 2.24) is 0 Å². The van der Waals surface area contributed by atoms with E-state index in [4.69, 9.17) is 0 Å². The zero-order valence-electron chi connectivity index (χ0n) is 15.9. The van der Waals surface area contributed by atoms with Crippen molar-refractivity contribution in [1.29, 1.82) is 0 Å². The van der Waals surface area contributed by atoms with Crippen LogP contribution >= 0.6 is 0 Å². The van der Waals surface area contributed by atoms with Gasteiger partial charge in [0.15, 0.2) is 6.20 Å². The number of hydrogen-bond acceptors (Lipinski definition) is 0. The van der Waals surface area contributed by atoms with Crippen molar-refractivity contribution in [2.24, 2.45) is 7.05 Å². The molecule has 0 radical (unpaired) electrons. The maximum absolute atomic E-state index is 2.43. The monoisotopic (exact) mass is 326 g/mol. The van der Waals surface area contributed by atoms with Gasteiger partial charge in [-0.05, 0) is 48.1 Å². The third-order valence-electron chi connectivity index (χ3n) is 5.01. The molecule has 0 saturated heterocycles. The quantitative estimate of drug-likeness (QED) is 0.541. The normalized spacial score (nSPS) is 12.0. The topological polar surface area (TPSA) is 3.88 Å². The number of aryl methyl sites for hydroxylation is 2. The minimum absolute atomic E-state index is 0.667. The molecular formula is C21H32NSi+. The van der Waals surface area contributed by atoms with Gasteiger partial charge in [0.25, 0.3) is 0 Å². The minimum Gasteiger partial charge on any atom is -0.201 e. The summed E-state index contributed by atoms with van der Waals surface area (Å²) in [6.45, 7) is 14.1. The maximum atomic E-state index is 2.43. The first kappa shape index (κ1) is 17.9. The molecular weight excluding hydrogens is 294 g/mol. The Morgan fingerprint density at radius 2 is 1.65 bits per heavy atom. The second-order valence-electron chi connectivity index (χ2n) is 7.75. The molecule has 0 amide bonds. The van der Waals surface area contributed by atoms with Crippen LogP contribution in [0.15, 0.2) is 36.5 Å². The summed E-state index contributed by atoms with van der Waals surface area (Å²) in [5.41, 5.74) is 5.57. The Kier molecular flexibility index (Phi) is 5.46. The van der Waals surface area contributed by atoms with E-state index in [1.807, 2.05) is 0 Å². The van der Waals surface area contributed by atoms with Crippen LogP contribution < -0.4 is 9.75 Å². The summed E-state index contributed by atoms with van der Waals surface area (Å²) in [7, 11) is 0.859. The number of pyridine rings is 1. The van der Waals surface area contributed by atoms with E-state index in [-0.39, 0.29) is 0 Å². The second kappa shape index (κ2) is 7.00. The van der Waals surface area contributed by atoms with Crippen LogP contribution in [0, 0.1) is 6.92 Å². The van der Waals surface area contributed by atoms with Crippen molar-refractivity contribution in [2.45, 2.75) is 59.2 Å². The number of benzene rings is 1. The molecule has 23 heavy (non-hydrogen) atoms. The molecule has 2 aromatic rings. The molecule has 0 bridgehead atoms. The van der Waals surface area contributed by atoms with Crippen LogP contribution in [0.1, 0.15) is 43.7 Å². The van der Waals surface area contributed by atoms with Crippen molar-refractivity contribution in [3.63, 3.8) is 0 Å². The Labute approximate surface area is 143 Å². The van der Waals surface area contributed by atoms with Gasteiger partial charge in [-0.15, -0.1) is 0 Å². The van der Waals surface area contributed by atoms with Crippen LogP contribution in [-0.4, -0.2) is 8.07 Å². The molecule has 0 aliphatic heterocycles. The highest BCUT2D eigenvalue weighted by Gasteiger charge is 2.22. The molecule has 0 aliphatic rings. The van der Waals surface area contributed by atoms with Crippen molar-refractivity contribution in [2.75, 3.05) is 0 Å². The zero-order valence-corrected chi connectivity index (χ0v) is 16.9. The summed E-state index contributed by atoms with van der Waals surface area (Å²) in [5, 5.41) is 1.53. The molecule has 0 atom stereocenters. The van der Waals surface area contributed by atoms with Crippen molar-refractivity contribution < 1.29 is 4.57 Å². The Morgan fingerprint density at radius 3 is 2.22 bits per heavy atom. The lowest BCUT2D eigenvalue weighted by atomic mass is 9.90. The van der Waals surface area contributed by atoms with Crippen LogP contribution in [0.5, 0.6) is 0 Å². The molecule has 0 saturated carbocycles. The van der Waals surface area contributed by atoms with Crippen molar-refractivity contribution in [3.05, 3.63) is 47.7 Å². The second-order valence-corrected chi connectivity index (χ2v) is 12.8. The average Bonchev–Trinajstić information content (AvgIpc) is 2.49. The Hall–Kier alpha value is -1.41. The van der Waals surface area contributed by atoms with E-state index in [1.54, 1.807) is 0 Å². The molecule has 1 aromatic heterocycles. The fourth-order valence-corrected chi connectivity index (χ4v) is 4.38. The third kappa shape index (κ3) is 3.92. The molecule has 1 nitrogen and oxygen atoms in total. The summed E-state index contributed by atoms with van der Waals surface area (Å²) in [5.74, 6) is 0.667. The predicted molar refractivity (Wildman–Crippen MR) is 104 cm³/mol. The Balaban J connectivity index is 2.59. The fourth-order valence-electron chi connectivity index (χ4n) is 3.23. The van der Waals surface area contributed by atoms with E-state index < -0.39 is 8.07 Å². The SMILES string of the molecule is CCC(CC)c1ccc(C)c(-c2cc([Si](C)(C)C)cc[n+]2C)c1. The number of rotatable bonds is 5. The fraction of sp³-hybridized carbons (Fsp3) is 0.476. The number of aromatic nitrogens is 1. The molecule has 2 heteroatoms. The molecule has 0 fully saturated rings. The van der Waals surface area contributed by atoms with Crippen LogP contribution in [0.25, 0.3) is 11.3 Å². The first-order valence-corrected chi connectivity index (χ1v) is 12.4. The molecule has 1 heterocycles. The summed E-state index contributed by atoms with van der Waals surface area (Å²) >= 11 is 0. The lowest BCUT2D eigenvalue weighted by Gasteiger charge is -2.18. The first-order chi connectivity index (χ1) is 10.8. The van der Waals surface area contributed by atoms with Gasteiger partial charge in [-0.2, -0.15) is 0 Å². The first-order valence-electron chi connectivity index (χ1n) is 8.89. The van der Waals surface area contributed by atoms with Crippen molar-refractivity contribution >= 4 is 13.3 Å². The minimum atomic E-state index is -1.30. The smallest absolute Gasteiger partial charge is 0.201 e.